The number of nitrogens with zero attached hydrogens (tertiary/aromatic N) is 1. The smallest absolute Gasteiger partial charge is 0.263 e. The molecule has 5 nitrogen and oxygen atoms in total. The number of carbonyl (C=O) groups excluding carboxylic acids is 1. The summed E-state index contributed by atoms with van der Waals surface area (Å²) in [5, 5.41) is 15.6. The van der Waals surface area contributed by atoms with Crippen molar-refractivity contribution < 1.29 is 9.53 Å². The van der Waals surface area contributed by atoms with E-state index in [0.717, 1.165) is 43.4 Å². The van der Waals surface area contributed by atoms with Crippen LogP contribution in [-0.2, 0) is 11.2 Å². The molecular weight excluding hydrogens is 374 g/mol. The number of nitriles is 1. The van der Waals surface area contributed by atoms with Crippen LogP contribution in [0.3, 0.4) is 0 Å². The number of hydrogen-bond acceptors (Lipinski definition) is 4. The minimum absolute atomic E-state index is 0.145. The van der Waals surface area contributed by atoms with E-state index in [9.17, 15) is 10.1 Å². The van der Waals surface area contributed by atoms with Crippen LogP contribution in [0.2, 0.25) is 0 Å². The number of nitrogens with one attached hydrogen (secondary N) is 2. The average molecular weight is 412 g/mol. The van der Waals surface area contributed by atoms with Crippen LogP contribution in [0.4, 0.5) is 0 Å². The lowest BCUT2D eigenvalue weighted by atomic mass is 9.98. The average Bonchev–Trinajstić information content (AvgIpc) is 2.75. The predicted octanol–water partition coefficient (Wildman–Crippen LogP) is 5.02. The molecule has 5 heteroatoms. The van der Waals surface area contributed by atoms with Crippen LogP contribution < -0.4 is 15.4 Å². The number of carbonyl (C=O) groups is 1. The Labute approximate surface area is 181 Å². The zero-order chi connectivity index (χ0) is 21.4. The summed E-state index contributed by atoms with van der Waals surface area (Å²) < 4.78 is 5.24. The maximum absolute atomic E-state index is 12.6. The molecule has 0 heterocycles. The SMILES string of the molecule is COc1cccc(CCN/C=C(/C#N)C(=O)NC2CCCCCCCCCCC2)c1. The monoisotopic (exact) mass is 411 g/mol. The van der Waals surface area contributed by atoms with Gasteiger partial charge in [0, 0.05) is 18.8 Å². The van der Waals surface area contributed by atoms with Gasteiger partial charge in [0.25, 0.3) is 5.91 Å². The molecule has 0 saturated heterocycles. The van der Waals surface area contributed by atoms with Gasteiger partial charge in [0.2, 0.25) is 0 Å². The molecular formula is C25H37N3O2. The van der Waals surface area contributed by atoms with Gasteiger partial charge in [-0.25, -0.2) is 0 Å². The zero-order valence-corrected chi connectivity index (χ0v) is 18.4. The minimum atomic E-state index is -0.261. The van der Waals surface area contributed by atoms with Gasteiger partial charge in [-0.3, -0.25) is 4.79 Å². The van der Waals surface area contributed by atoms with Crippen LogP contribution in [-0.4, -0.2) is 25.6 Å². The van der Waals surface area contributed by atoms with E-state index < -0.39 is 0 Å². The summed E-state index contributed by atoms with van der Waals surface area (Å²) in [6.45, 7) is 0.648. The van der Waals surface area contributed by atoms with Gasteiger partial charge in [-0.05, 0) is 37.0 Å². The van der Waals surface area contributed by atoms with Crippen molar-refractivity contribution in [3.8, 4) is 11.8 Å². The second-order valence-corrected chi connectivity index (χ2v) is 8.16. The largest absolute Gasteiger partial charge is 0.497 e. The lowest BCUT2D eigenvalue weighted by molar-refractivity contribution is -0.117. The van der Waals surface area contributed by atoms with Crippen LogP contribution in [0.1, 0.15) is 76.2 Å². The maximum atomic E-state index is 12.6. The van der Waals surface area contributed by atoms with Crippen LogP contribution >= 0.6 is 0 Å². The molecule has 0 spiro atoms. The number of amides is 1. The summed E-state index contributed by atoms with van der Waals surface area (Å²) in [7, 11) is 1.65. The Morgan fingerprint density at radius 3 is 2.33 bits per heavy atom. The highest BCUT2D eigenvalue weighted by molar-refractivity contribution is 5.97. The van der Waals surface area contributed by atoms with Crippen LogP contribution in [0, 0.1) is 11.3 Å². The number of ether oxygens (including phenoxy) is 1. The summed E-state index contributed by atoms with van der Waals surface area (Å²) in [4.78, 5) is 12.6. The molecule has 1 fully saturated rings. The molecule has 30 heavy (non-hydrogen) atoms. The molecule has 0 bridgehead atoms. The fraction of sp³-hybridized carbons (Fsp3) is 0.600. The normalized spacial score (nSPS) is 17.1. The summed E-state index contributed by atoms with van der Waals surface area (Å²) >= 11 is 0. The number of hydrogen-bond donors (Lipinski definition) is 2. The highest BCUT2D eigenvalue weighted by atomic mass is 16.5. The number of rotatable bonds is 7. The van der Waals surface area contributed by atoms with Crippen molar-refractivity contribution in [1.82, 2.24) is 10.6 Å². The quantitative estimate of drug-likeness (QED) is 0.375. The molecule has 1 amide bonds. The first-order valence-electron chi connectivity index (χ1n) is 11.5. The van der Waals surface area contributed by atoms with Crippen LogP contribution in [0.25, 0.3) is 0 Å². The molecule has 0 aromatic heterocycles. The molecule has 0 aliphatic heterocycles. The Hall–Kier alpha value is -2.48. The van der Waals surface area contributed by atoms with Crippen molar-refractivity contribution in [1.29, 1.82) is 5.26 Å². The zero-order valence-electron chi connectivity index (χ0n) is 18.4. The Balaban J connectivity index is 1.81. The Bertz CT molecular complexity index is 697. The third-order valence-corrected chi connectivity index (χ3v) is 5.74. The van der Waals surface area contributed by atoms with E-state index in [0.29, 0.717) is 6.54 Å². The van der Waals surface area contributed by atoms with E-state index in [1.54, 1.807) is 13.3 Å². The molecule has 1 aliphatic rings. The van der Waals surface area contributed by atoms with Crippen LogP contribution in [0.15, 0.2) is 36.0 Å². The van der Waals surface area contributed by atoms with Gasteiger partial charge in [-0.1, -0.05) is 69.9 Å². The number of benzene rings is 1. The predicted molar refractivity (Wildman–Crippen MR) is 121 cm³/mol. The first kappa shape index (κ1) is 23.8. The Kier molecular flexibility index (Phi) is 11.5. The lowest BCUT2D eigenvalue weighted by Gasteiger charge is -2.19. The van der Waals surface area contributed by atoms with Crippen molar-refractivity contribution in [2.24, 2.45) is 0 Å². The minimum Gasteiger partial charge on any atom is -0.497 e. The fourth-order valence-electron chi connectivity index (χ4n) is 3.94. The van der Waals surface area contributed by atoms with Crippen molar-refractivity contribution >= 4 is 5.91 Å². The Morgan fingerprint density at radius 1 is 1.10 bits per heavy atom. The second kappa shape index (κ2) is 14.5. The van der Waals surface area contributed by atoms with Crippen molar-refractivity contribution in [2.75, 3.05) is 13.7 Å². The topological polar surface area (TPSA) is 74.1 Å². The lowest BCUT2D eigenvalue weighted by Crippen LogP contribution is -2.36. The molecule has 1 aliphatic carbocycles. The van der Waals surface area contributed by atoms with Crippen molar-refractivity contribution in [3.63, 3.8) is 0 Å². The van der Waals surface area contributed by atoms with Gasteiger partial charge in [0.1, 0.15) is 17.4 Å². The molecule has 1 aromatic carbocycles. The van der Waals surface area contributed by atoms with Gasteiger partial charge in [0.05, 0.1) is 7.11 Å². The number of methoxy groups -OCH3 is 1. The third kappa shape index (κ3) is 9.35. The summed E-state index contributed by atoms with van der Waals surface area (Å²) in [5.41, 5.74) is 1.29. The molecule has 2 N–H and O–H groups in total. The van der Waals surface area contributed by atoms with E-state index in [-0.39, 0.29) is 17.5 Å². The second-order valence-electron chi connectivity index (χ2n) is 8.16. The summed E-state index contributed by atoms with van der Waals surface area (Å²) in [6, 6.07) is 10.1. The molecule has 164 valence electrons. The van der Waals surface area contributed by atoms with Crippen LogP contribution in [0.5, 0.6) is 5.75 Å². The van der Waals surface area contributed by atoms with Crippen molar-refractivity contribution in [3.05, 3.63) is 41.6 Å². The van der Waals surface area contributed by atoms with Gasteiger partial charge in [0.15, 0.2) is 0 Å². The van der Waals surface area contributed by atoms with E-state index in [1.165, 1.54) is 44.9 Å². The van der Waals surface area contributed by atoms with E-state index in [1.807, 2.05) is 30.3 Å². The fourth-order valence-corrected chi connectivity index (χ4v) is 3.94. The highest BCUT2D eigenvalue weighted by Gasteiger charge is 2.16. The van der Waals surface area contributed by atoms with Gasteiger partial charge in [-0.15, -0.1) is 0 Å². The van der Waals surface area contributed by atoms with Crippen molar-refractivity contribution in [2.45, 2.75) is 83.1 Å². The third-order valence-electron chi connectivity index (χ3n) is 5.74. The molecule has 0 atom stereocenters. The van der Waals surface area contributed by atoms with E-state index in [2.05, 4.69) is 10.6 Å². The first-order valence-corrected chi connectivity index (χ1v) is 11.5. The standard InChI is InChI=1S/C25H37N3O2/c1-30-24-15-11-12-21(18-24)16-17-27-20-22(19-26)25(29)28-23-13-9-7-5-3-2-4-6-8-10-14-23/h11-12,15,18,20,23,27H,2-10,13-14,16-17H2,1H3,(H,28,29)/b22-20-. The first-order chi connectivity index (χ1) is 14.7. The van der Waals surface area contributed by atoms with E-state index in [4.69, 9.17) is 4.74 Å². The molecule has 2 rings (SSSR count). The molecule has 1 saturated carbocycles. The van der Waals surface area contributed by atoms with E-state index >= 15 is 0 Å². The Morgan fingerprint density at radius 2 is 1.73 bits per heavy atom. The van der Waals surface area contributed by atoms with Gasteiger partial charge >= 0.3 is 0 Å². The molecule has 0 radical (unpaired) electrons. The maximum Gasteiger partial charge on any atom is 0.263 e. The molecule has 1 aromatic rings. The summed E-state index contributed by atoms with van der Waals surface area (Å²) in [6.07, 6.45) is 15.7. The molecule has 0 unspecified atom stereocenters. The van der Waals surface area contributed by atoms with Gasteiger partial charge in [-0.2, -0.15) is 5.26 Å². The summed E-state index contributed by atoms with van der Waals surface area (Å²) in [5.74, 6) is 0.570. The van der Waals surface area contributed by atoms with Gasteiger partial charge < -0.3 is 15.4 Å². The highest BCUT2D eigenvalue weighted by Crippen LogP contribution is 2.17.